The monoisotopic (exact) mass is 457 g/mol. The van der Waals surface area contributed by atoms with E-state index in [4.69, 9.17) is 4.42 Å². The molecule has 0 aliphatic heterocycles. The van der Waals surface area contributed by atoms with Gasteiger partial charge in [0.15, 0.2) is 9.84 Å². The molecular weight excluding hydrogens is 430 g/mol. The number of sulfone groups is 1. The summed E-state index contributed by atoms with van der Waals surface area (Å²) in [6, 6.07) is 15.9. The van der Waals surface area contributed by atoms with Crippen molar-refractivity contribution < 1.29 is 17.6 Å². The second-order valence-electron chi connectivity index (χ2n) is 7.66. The summed E-state index contributed by atoms with van der Waals surface area (Å²) in [7, 11) is -3.61. The molecule has 31 heavy (non-hydrogen) atoms. The number of hydrogen-bond donors (Lipinski definition) is 0. The Bertz CT molecular complexity index is 1130. The van der Waals surface area contributed by atoms with Crippen molar-refractivity contribution in [1.82, 2.24) is 4.98 Å². The maximum atomic E-state index is 12.6. The SMILES string of the molecule is CSc1ccc(CCCC(=O)CS(=O)(=O)Cc2nc(-c3ccc(C)cc3)oc2C)cc1. The zero-order valence-electron chi connectivity index (χ0n) is 18.1. The predicted molar refractivity (Wildman–Crippen MR) is 125 cm³/mol. The third kappa shape index (κ3) is 6.80. The molecule has 1 aromatic heterocycles. The van der Waals surface area contributed by atoms with Gasteiger partial charge in [0.1, 0.15) is 17.3 Å². The molecule has 1 heterocycles. The van der Waals surface area contributed by atoms with Gasteiger partial charge in [-0.15, -0.1) is 11.8 Å². The van der Waals surface area contributed by atoms with Crippen LogP contribution in [0.1, 0.15) is 35.4 Å². The summed E-state index contributed by atoms with van der Waals surface area (Å²) >= 11 is 1.68. The second kappa shape index (κ2) is 10.3. The standard InChI is InChI=1S/C24H27NO4S2/c1-17-7-11-20(12-8-17)24-25-23(18(2)29-24)16-31(27,28)15-21(26)6-4-5-19-9-13-22(30-3)14-10-19/h7-14H,4-6,15-16H2,1-3H3. The summed E-state index contributed by atoms with van der Waals surface area (Å²) < 4.78 is 30.8. The van der Waals surface area contributed by atoms with E-state index < -0.39 is 15.6 Å². The fourth-order valence-electron chi connectivity index (χ4n) is 3.24. The van der Waals surface area contributed by atoms with E-state index in [0.717, 1.165) is 23.1 Å². The van der Waals surface area contributed by atoms with Crippen molar-refractivity contribution in [1.29, 1.82) is 0 Å². The predicted octanol–water partition coefficient (Wildman–Crippen LogP) is 5.19. The fourth-order valence-corrected chi connectivity index (χ4v) is 5.07. The summed E-state index contributed by atoms with van der Waals surface area (Å²) in [5, 5.41) is 0. The molecule has 0 saturated carbocycles. The smallest absolute Gasteiger partial charge is 0.226 e. The number of aromatic nitrogens is 1. The number of ketones is 1. The lowest BCUT2D eigenvalue weighted by Gasteiger charge is -2.04. The van der Waals surface area contributed by atoms with E-state index in [9.17, 15) is 13.2 Å². The minimum absolute atomic E-state index is 0.246. The van der Waals surface area contributed by atoms with Gasteiger partial charge in [0, 0.05) is 16.9 Å². The van der Waals surface area contributed by atoms with Crippen LogP contribution in [0.4, 0.5) is 0 Å². The maximum Gasteiger partial charge on any atom is 0.226 e. The fraction of sp³-hybridized carbons (Fsp3) is 0.333. The van der Waals surface area contributed by atoms with Crippen molar-refractivity contribution in [3.8, 4) is 11.5 Å². The lowest BCUT2D eigenvalue weighted by Crippen LogP contribution is -2.18. The number of hydrogen-bond acceptors (Lipinski definition) is 6. The van der Waals surface area contributed by atoms with Gasteiger partial charge in [0.25, 0.3) is 0 Å². The lowest BCUT2D eigenvalue weighted by molar-refractivity contribution is -0.116. The minimum Gasteiger partial charge on any atom is -0.441 e. The summed E-state index contributed by atoms with van der Waals surface area (Å²) in [6.07, 6.45) is 3.66. The Kier molecular flexibility index (Phi) is 7.73. The van der Waals surface area contributed by atoms with Crippen molar-refractivity contribution in [3.05, 3.63) is 71.1 Å². The molecule has 0 atom stereocenters. The van der Waals surface area contributed by atoms with E-state index in [1.54, 1.807) is 18.7 Å². The highest BCUT2D eigenvalue weighted by Gasteiger charge is 2.22. The number of aryl methyl sites for hydroxylation is 3. The first kappa shape index (κ1) is 23.3. The first-order valence-electron chi connectivity index (χ1n) is 10.1. The number of Topliss-reactive ketones (excluding diaryl/α,β-unsaturated/α-hetero) is 1. The first-order chi connectivity index (χ1) is 14.8. The number of carbonyl (C=O) groups is 1. The van der Waals surface area contributed by atoms with Crippen LogP contribution in [0, 0.1) is 13.8 Å². The normalized spacial score (nSPS) is 11.6. The van der Waals surface area contributed by atoms with Gasteiger partial charge in [-0.2, -0.15) is 0 Å². The van der Waals surface area contributed by atoms with Crippen LogP contribution in [0.2, 0.25) is 0 Å². The average Bonchev–Trinajstić information content (AvgIpc) is 3.08. The zero-order chi connectivity index (χ0) is 22.4. The van der Waals surface area contributed by atoms with Gasteiger partial charge >= 0.3 is 0 Å². The number of oxazole rings is 1. The molecule has 0 amide bonds. The number of carbonyl (C=O) groups excluding carboxylic acids is 1. The minimum atomic E-state index is -3.61. The van der Waals surface area contributed by atoms with Crippen LogP contribution < -0.4 is 0 Å². The van der Waals surface area contributed by atoms with Crippen LogP contribution >= 0.6 is 11.8 Å². The van der Waals surface area contributed by atoms with Crippen LogP contribution in [-0.2, 0) is 26.8 Å². The summed E-state index contributed by atoms with van der Waals surface area (Å²) in [5.41, 5.74) is 3.41. The zero-order valence-corrected chi connectivity index (χ0v) is 19.7. The van der Waals surface area contributed by atoms with E-state index in [1.807, 2.05) is 49.6 Å². The Morgan fingerprint density at radius 2 is 1.71 bits per heavy atom. The molecular formula is C24H27NO4S2. The Balaban J connectivity index is 1.54. The van der Waals surface area contributed by atoms with Crippen molar-refractivity contribution in [2.24, 2.45) is 0 Å². The van der Waals surface area contributed by atoms with Crippen molar-refractivity contribution in [2.45, 2.75) is 43.8 Å². The maximum absolute atomic E-state index is 12.6. The molecule has 0 aliphatic rings. The van der Waals surface area contributed by atoms with Gasteiger partial charge in [-0.25, -0.2) is 13.4 Å². The molecule has 0 bridgehead atoms. The molecule has 0 spiro atoms. The molecule has 3 rings (SSSR count). The Hall–Kier alpha value is -2.38. The molecule has 3 aromatic rings. The lowest BCUT2D eigenvalue weighted by atomic mass is 10.1. The van der Waals surface area contributed by atoms with Crippen molar-refractivity contribution in [2.75, 3.05) is 12.0 Å². The molecule has 2 aromatic carbocycles. The van der Waals surface area contributed by atoms with Gasteiger partial charge in [-0.1, -0.05) is 29.8 Å². The topological polar surface area (TPSA) is 77.2 Å². The van der Waals surface area contributed by atoms with Crippen LogP contribution in [-0.4, -0.2) is 31.2 Å². The highest BCUT2D eigenvalue weighted by atomic mass is 32.2. The Morgan fingerprint density at radius 1 is 1.03 bits per heavy atom. The molecule has 164 valence electrons. The van der Waals surface area contributed by atoms with Crippen LogP contribution in [0.5, 0.6) is 0 Å². The summed E-state index contributed by atoms with van der Waals surface area (Å²) in [4.78, 5) is 17.8. The van der Waals surface area contributed by atoms with Gasteiger partial charge in [-0.05, 0) is 62.8 Å². The van der Waals surface area contributed by atoms with Gasteiger partial charge < -0.3 is 4.42 Å². The Morgan fingerprint density at radius 3 is 2.35 bits per heavy atom. The first-order valence-corrected chi connectivity index (χ1v) is 13.2. The van der Waals surface area contributed by atoms with Gasteiger partial charge in [-0.3, -0.25) is 4.79 Å². The van der Waals surface area contributed by atoms with E-state index in [1.165, 1.54) is 4.90 Å². The number of benzene rings is 2. The molecule has 0 saturated heterocycles. The molecule has 5 nitrogen and oxygen atoms in total. The largest absolute Gasteiger partial charge is 0.441 e. The molecule has 0 aliphatic carbocycles. The number of rotatable bonds is 10. The van der Waals surface area contributed by atoms with Crippen LogP contribution in [0.25, 0.3) is 11.5 Å². The van der Waals surface area contributed by atoms with Gasteiger partial charge in [0.2, 0.25) is 5.89 Å². The number of thioether (sulfide) groups is 1. The van der Waals surface area contributed by atoms with Crippen LogP contribution in [0.3, 0.4) is 0 Å². The highest BCUT2D eigenvalue weighted by molar-refractivity contribution is 7.98. The van der Waals surface area contributed by atoms with E-state index >= 15 is 0 Å². The third-order valence-corrected chi connectivity index (χ3v) is 7.23. The van der Waals surface area contributed by atoms with E-state index in [-0.39, 0.29) is 18.0 Å². The molecule has 0 fully saturated rings. The van der Waals surface area contributed by atoms with E-state index in [2.05, 4.69) is 17.1 Å². The van der Waals surface area contributed by atoms with Crippen LogP contribution in [0.15, 0.2) is 57.8 Å². The van der Waals surface area contributed by atoms with Gasteiger partial charge in [0.05, 0.1) is 11.4 Å². The third-order valence-electron chi connectivity index (χ3n) is 5.01. The molecule has 0 unspecified atom stereocenters. The summed E-state index contributed by atoms with van der Waals surface area (Å²) in [5.74, 6) is -0.178. The Labute approximate surface area is 188 Å². The quantitative estimate of drug-likeness (QED) is 0.390. The van der Waals surface area contributed by atoms with Crippen molar-refractivity contribution >= 4 is 27.4 Å². The molecule has 0 N–H and O–H groups in total. The molecule has 0 radical (unpaired) electrons. The summed E-state index contributed by atoms with van der Waals surface area (Å²) in [6.45, 7) is 3.68. The number of nitrogens with zero attached hydrogens (tertiary/aromatic N) is 1. The van der Waals surface area contributed by atoms with Crippen molar-refractivity contribution in [3.63, 3.8) is 0 Å². The average molecular weight is 458 g/mol. The second-order valence-corrected chi connectivity index (χ2v) is 10.6. The van der Waals surface area contributed by atoms with E-state index in [0.29, 0.717) is 23.8 Å². The molecule has 7 heteroatoms. The highest BCUT2D eigenvalue weighted by Crippen LogP contribution is 2.23.